The Morgan fingerprint density at radius 1 is 0.330 bits per heavy atom. The number of ether oxygens (including phenoxy) is 4. The second kappa shape index (κ2) is 70.9. The molecule has 0 aromatic rings. The molecule has 0 spiro atoms. The summed E-state index contributed by atoms with van der Waals surface area (Å²) in [5, 5.41) is 9.76. The van der Waals surface area contributed by atoms with Crippen LogP contribution >= 0.6 is 0 Å². The summed E-state index contributed by atoms with van der Waals surface area (Å²) in [6.45, 7) is 4.96. The van der Waals surface area contributed by atoms with Gasteiger partial charge in [0, 0.05) is 12.8 Å². The van der Waals surface area contributed by atoms with Crippen LogP contribution in [0.2, 0.25) is 0 Å². The Morgan fingerprint density at radius 3 is 0.841 bits per heavy atom. The fourth-order valence-corrected chi connectivity index (χ4v) is 12.3. The van der Waals surface area contributed by atoms with E-state index < -0.39 is 18.4 Å². The summed E-state index contributed by atoms with van der Waals surface area (Å²) in [6.07, 6.45) is 85.2. The lowest BCUT2D eigenvalue weighted by atomic mass is 10.0. The number of aliphatic carboxylic acids is 1. The lowest BCUT2D eigenvalue weighted by molar-refractivity contribution is -0.870. The summed E-state index contributed by atoms with van der Waals surface area (Å²) in [7, 11) is 6.00. The zero-order chi connectivity index (χ0) is 64.0. The van der Waals surface area contributed by atoms with Crippen LogP contribution < -0.4 is 0 Å². The van der Waals surface area contributed by atoms with Crippen molar-refractivity contribution >= 4 is 17.9 Å². The molecule has 0 saturated heterocycles. The third-order valence-corrected chi connectivity index (χ3v) is 18.3. The van der Waals surface area contributed by atoms with Crippen LogP contribution in [-0.4, -0.2) is 87.4 Å². The molecule has 2 atom stereocenters. The topological polar surface area (TPSA) is 108 Å². The van der Waals surface area contributed by atoms with E-state index in [1.807, 2.05) is 21.1 Å². The van der Waals surface area contributed by atoms with Gasteiger partial charge >= 0.3 is 17.9 Å². The molecular weight excluding hydrogens is 1090 g/mol. The highest BCUT2D eigenvalue weighted by molar-refractivity contribution is 5.71. The van der Waals surface area contributed by atoms with Crippen LogP contribution in [0.3, 0.4) is 0 Å². The Balaban J connectivity index is 3.90. The van der Waals surface area contributed by atoms with Crippen molar-refractivity contribution in [2.45, 2.75) is 431 Å². The fraction of sp³-hybridized carbons (Fsp3) is 0.937. The molecule has 1 N–H and O–H groups in total. The van der Waals surface area contributed by atoms with Gasteiger partial charge in [-0.1, -0.05) is 379 Å². The van der Waals surface area contributed by atoms with Crippen LogP contribution in [0.15, 0.2) is 12.2 Å². The van der Waals surface area contributed by atoms with Crippen LogP contribution in [0, 0.1) is 0 Å². The van der Waals surface area contributed by atoms with E-state index in [0.29, 0.717) is 17.4 Å². The third kappa shape index (κ3) is 71.5. The number of carbonyl (C=O) groups excluding carboxylic acids is 2. The van der Waals surface area contributed by atoms with E-state index in [9.17, 15) is 19.5 Å². The summed E-state index contributed by atoms with van der Waals surface area (Å²) in [5.41, 5.74) is 0. The average molecular weight is 1250 g/mol. The lowest BCUT2D eigenvalue weighted by Crippen LogP contribution is -2.40. The number of rotatable bonds is 75. The van der Waals surface area contributed by atoms with Gasteiger partial charge in [0.05, 0.1) is 34.4 Å². The van der Waals surface area contributed by atoms with E-state index in [1.165, 1.54) is 353 Å². The van der Waals surface area contributed by atoms with Crippen molar-refractivity contribution in [1.82, 2.24) is 0 Å². The van der Waals surface area contributed by atoms with Gasteiger partial charge < -0.3 is 28.5 Å². The van der Waals surface area contributed by atoms with Gasteiger partial charge in [-0.05, 0) is 38.5 Å². The number of carbonyl (C=O) groups is 3. The first-order chi connectivity index (χ1) is 43.1. The highest BCUT2D eigenvalue weighted by Crippen LogP contribution is 2.20. The molecular formula is C79H154NO8+. The van der Waals surface area contributed by atoms with E-state index >= 15 is 0 Å². The maximum absolute atomic E-state index is 12.9. The predicted molar refractivity (Wildman–Crippen MR) is 378 cm³/mol. The largest absolute Gasteiger partial charge is 0.477 e. The van der Waals surface area contributed by atoms with Crippen molar-refractivity contribution < 1.29 is 42.9 Å². The van der Waals surface area contributed by atoms with E-state index in [-0.39, 0.29) is 38.2 Å². The van der Waals surface area contributed by atoms with Gasteiger partial charge in [-0.3, -0.25) is 9.59 Å². The zero-order valence-electron chi connectivity index (χ0n) is 59.9. The Kier molecular flexibility index (Phi) is 69.3. The number of nitrogens with zero attached hydrogens (tertiary/aromatic N) is 1. The minimum atomic E-state index is -1.51. The molecule has 9 nitrogen and oxygen atoms in total. The molecule has 0 aliphatic heterocycles. The minimum absolute atomic E-state index is 0.175. The third-order valence-electron chi connectivity index (χ3n) is 18.3. The number of allylic oxidation sites excluding steroid dienone is 2. The second-order valence-corrected chi connectivity index (χ2v) is 28.4. The standard InChI is InChI=1S/C79H153NO8/c1-6-8-10-12-14-16-18-20-22-24-26-28-30-31-32-33-34-35-36-37-38-39-40-41-42-43-44-45-46-48-49-51-53-55-57-59-61-63-65-67-69-76(81)86-73-75(74-87-79(78(83)84)85-72-71-80(3,4)5)88-77(82)70-68-66-64-62-60-58-56-54-52-50-47-29-27-25-23-21-19-17-15-13-11-9-7-2/h25,27,75,79H,6-24,26,28-74H2,1-5H3/p+1/b27-25-. The van der Waals surface area contributed by atoms with E-state index in [1.54, 1.807) is 0 Å². The van der Waals surface area contributed by atoms with Gasteiger partial charge in [0.1, 0.15) is 13.2 Å². The fourth-order valence-electron chi connectivity index (χ4n) is 12.3. The molecule has 0 aromatic heterocycles. The van der Waals surface area contributed by atoms with Crippen molar-refractivity contribution in [2.24, 2.45) is 0 Å². The van der Waals surface area contributed by atoms with Crippen LogP contribution in [-0.2, 0) is 33.3 Å². The number of likely N-dealkylation sites (N-methyl/N-ethyl adjacent to an activating group) is 1. The highest BCUT2D eigenvalue weighted by atomic mass is 16.7. The predicted octanol–water partition coefficient (Wildman–Crippen LogP) is 24.8. The van der Waals surface area contributed by atoms with Gasteiger partial charge in [0.15, 0.2) is 6.10 Å². The van der Waals surface area contributed by atoms with Crippen molar-refractivity contribution in [3.63, 3.8) is 0 Å². The quantitative estimate of drug-likeness (QED) is 0.0211. The second-order valence-electron chi connectivity index (χ2n) is 28.4. The zero-order valence-corrected chi connectivity index (χ0v) is 59.9. The molecule has 0 rings (SSSR count). The summed E-state index contributed by atoms with van der Waals surface area (Å²) >= 11 is 0. The van der Waals surface area contributed by atoms with E-state index in [2.05, 4.69) is 26.0 Å². The number of hydrogen-bond donors (Lipinski definition) is 1. The molecule has 0 radical (unpaired) electrons. The normalized spacial score (nSPS) is 12.6. The monoisotopic (exact) mass is 1250 g/mol. The molecule has 0 heterocycles. The maximum atomic E-state index is 12.9. The van der Waals surface area contributed by atoms with Crippen molar-refractivity contribution in [2.75, 3.05) is 47.5 Å². The van der Waals surface area contributed by atoms with Crippen molar-refractivity contribution in [3.05, 3.63) is 12.2 Å². The van der Waals surface area contributed by atoms with E-state index in [0.717, 1.165) is 38.5 Å². The van der Waals surface area contributed by atoms with Gasteiger partial charge in [0.25, 0.3) is 6.29 Å². The minimum Gasteiger partial charge on any atom is -0.477 e. The maximum Gasteiger partial charge on any atom is 0.361 e. The summed E-state index contributed by atoms with van der Waals surface area (Å²) in [6, 6.07) is 0. The molecule has 0 fully saturated rings. The number of esters is 2. The number of hydrogen-bond acceptors (Lipinski definition) is 7. The lowest BCUT2D eigenvalue weighted by Gasteiger charge is -2.25. The average Bonchev–Trinajstić information content (AvgIpc) is 3.51. The highest BCUT2D eigenvalue weighted by Gasteiger charge is 2.25. The number of carboxylic acids is 1. The molecule has 88 heavy (non-hydrogen) atoms. The Bertz CT molecular complexity index is 1450. The van der Waals surface area contributed by atoms with Crippen LogP contribution in [0.25, 0.3) is 0 Å². The van der Waals surface area contributed by atoms with Gasteiger partial charge in [0.2, 0.25) is 0 Å². The first-order valence-electron chi connectivity index (χ1n) is 39.4. The summed E-state index contributed by atoms with van der Waals surface area (Å²) in [5.74, 6) is -1.97. The molecule has 0 amide bonds. The van der Waals surface area contributed by atoms with Gasteiger partial charge in [-0.25, -0.2) is 4.79 Å². The van der Waals surface area contributed by atoms with Crippen molar-refractivity contribution in [3.8, 4) is 0 Å². The number of quaternary nitrogens is 1. The molecule has 522 valence electrons. The molecule has 0 aromatic carbocycles. The Morgan fingerprint density at radius 2 is 0.580 bits per heavy atom. The summed E-state index contributed by atoms with van der Waals surface area (Å²) in [4.78, 5) is 37.7. The number of unbranched alkanes of at least 4 members (excludes halogenated alkanes) is 58. The Labute approximate surface area is 548 Å². The van der Waals surface area contributed by atoms with Gasteiger partial charge in [-0.15, -0.1) is 0 Å². The molecule has 9 heteroatoms. The first kappa shape index (κ1) is 86.0. The SMILES string of the molecule is CCCCCCCCCC/C=C\CCCCCCCCCCCCCC(=O)OC(COC(=O)CCCCCCCCCCCCCCCCCCCCCCCCCCCCCCCCCCCCCCCCCC)COC(OCC[N+](C)(C)C)C(=O)O. The molecule has 2 unspecified atom stereocenters. The van der Waals surface area contributed by atoms with E-state index in [4.69, 9.17) is 18.9 Å². The van der Waals surface area contributed by atoms with Crippen molar-refractivity contribution in [1.29, 1.82) is 0 Å². The number of carboxylic acid groups (broad SMARTS) is 1. The first-order valence-corrected chi connectivity index (χ1v) is 39.4. The smallest absolute Gasteiger partial charge is 0.361 e. The molecule has 0 aliphatic rings. The molecule has 0 aliphatic carbocycles. The molecule has 0 saturated carbocycles. The van der Waals surface area contributed by atoms with Gasteiger partial charge in [-0.2, -0.15) is 0 Å². The van der Waals surface area contributed by atoms with Crippen LogP contribution in [0.5, 0.6) is 0 Å². The van der Waals surface area contributed by atoms with Crippen LogP contribution in [0.4, 0.5) is 0 Å². The Hall–Kier alpha value is -1.97. The molecule has 0 bridgehead atoms. The summed E-state index contributed by atoms with van der Waals surface area (Å²) < 4.78 is 23.0. The van der Waals surface area contributed by atoms with Crippen LogP contribution in [0.1, 0.15) is 418 Å².